The van der Waals surface area contributed by atoms with Crippen LogP contribution in [0.2, 0.25) is 0 Å². The van der Waals surface area contributed by atoms with Gasteiger partial charge in [-0.05, 0) is 25.7 Å². The average molecular weight is 297 g/mol. The van der Waals surface area contributed by atoms with Crippen LogP contribution in [0.5, 0.6) is 0 Å². The van der Waals surface area contributed by atoms with Crippen molar-refractivity contribution < 1.29 is 14.3 Å². The summed E-state index contributed by atoms with van der Waals surface area (Å²) in [4.78, 5) is 26.7. The minimum absolute atomic E-state index is 0.107. The number of nitrogens with zero attached hydrogens (tertiary/aromatic N) is 1. The summed E-state index contributed by atoms with van der Waals surface area (Å²) in [5, 5.41) is 2.93. The van der Waals surface area contributed by atoms with E-state index in [2.05, 4.69) is 5.32 Å². The van der Waals surface area contributed by atoms with Crippen LogP contribution in [0.3, 0.4) is 0 Å². The Morgan fingerprint density at radius 2 is 2.05 bits per heavy atom. The highest BCUT2D eigenvalue weighted by Gasteiger charge is 2.56. The first-order valence-electron chi connectivity index (χ1n) is 7.04. The van der Waals surface area contributed by atoms with E-state index in [1.165, 1.54) is 0 Å². The Morgan fingerprint density at radius 1 is 1.35 bits per heavy atom. The maximum absolute atomic E-state index is 12.7. The van der Waals surface area contributed by atoms with Gasteiger partial charge in [0.2, 0.25) is 11.8 Å². The molecule has 7 heteroatoms. The zero-order chi connectivity index (χ0) is 14.3. The van der Waals surface area contributed by atoms with E-state index in [1.807, 2.05) is 0 Å². The fraction of sp³-hybridized carbons (Fsp3) is 0.769. The van der Waals surface area contributed by atoms with Crippen molar-refractivity contribution in [3.8, 4) is 0 Å². The number of morpholine rings is 1. The van der Waals surface area contributed by atoms with Gasteiger partial charge in [-0.25, -0.2) is 0 Å². The van der Waals surface area contributed by atoms with Gasteiger partial charge in [0, 0.05) is 12.6 Å². The highest BCUT2D eigenvalue weighted by atomic mass is 32.1. The van der Waals surface area contributed by atoms with Crippen molar-refractivity contribution in [2.75, 3.05) is 19.8 Å². The van der Waals surface area contributed by atoms with Gasteiger partial charge >= 0.3 is 0 Å². The van der Waals surface area contributed by atoms with Crippen molar-refractivity contribution in [1.29, 1.82) is 0 Å². The zero-order valence-corrected chi connectivity index (χ0v) is 12.1. The molecule has 110 valence electrons. The molecule has 1 heterocycles. The standard InChI is InChI=1S/C13H19N3O3S/c14-11(20)13(3-4-13)12(18)16-5-6-19-7-9(16)10(17)15-8-1-2-8/h8-9H,1-7H2,(H2,14,20)(H,15,17). The fourth-order valence-corrected chi connectivity index (χ4v) is 2.85. The van der Waals surface area contributed by atoms with Crippen molar-refractivity contribution in [3.63, 3.8) is 0 Å². The van der Waals surface area contributed by atoms with Crippen LogP contribution in [-0.4, -0.2) is 53.5 Å². The Morgan fingerprint density at radius 3 is 2.60 bits per heavy atom. The molecule has 3 aliphatic rings. The van der Waals surface area contributed by atoms with Crippen molar-refractivity contribution in [1.82, 2.24) is 10.2 Å². The molecule has 1 aliphatic heterocycles. The SMILES string of the molecule is NC(=S)C1(C(=O)N2CCOCC2C(=O)NC2CC2)CC1. The molecule has 0 spiro atoms. The highest BCUT2D eigenvalue weighted by molar-refractivity contribution is 7.80. The van der Waals surface area contributed by atoms with Gasteiger partial charge in [0.15, 0.2) is 0 Å². The first-order chi connectivity index (χ1) is 9.54. The quantitative estimate of drug-likeness (QED) is 0.687. The van der Waals surface area contributed by atoms with Gasteiger partial charge in [0.25, 0.3) is 0 Å². The van der Waals surface area contributed by atoms with Gasteiger partial charge in [-0.2, -0.15) is 0 Å². The molecule has 0 aromatic rings. The smallest absolute Gasteiger partial charge is 0.245 e. The van der Waals surface area contributed by atoms with Crippen molar-refractivity contribution >= 4 is 29.0 Å². The maximum Gasteiger partial charge on any atom is 0.245 e. The molecule has 0 radical (unpaired) electrons. The number of ether oxygens (including phenoxy) is 1. The van der Waals surface area contributed by atoms with Crippen LogP contribution in [0.15, 0.2) is 0 Å². The van der Waals surface area contributed by atoms with Gasteiger partial charge in [-0.15, -0.1) is 0 Å². The summed E-state index contributed by atoms with van der Waals surface area (Å²) < 4.78 is 5.36. The van der Waals surface area contributed by atoms with E-state index >= 15 is 0 Å². The molecule has 1 atom stereocenters. The molecule has 3 rings (SSSR count). The van der Waals surface area contributed by atoms with E-state index in [4.69, 9.17) is 22.7 Å². The summed E-state index contributed by atoms with van der Waals surface area (Å²) in [6, 6.07) is -0.282. The molecule has 3 fully saturated rings. The molecular formula is C13H19N3O3S. The Bertz CT molecular complexity index is 460. The minimum atomic E-state index is -0.704. The topological polar surface area (TPSA) is 84.7 Å². The number of nitrogens with one attached hydrogen (secondary N) is 1. The maximum atomic E-state index is 12.7. The second-order valence-electron chi connectivity index (χ2n) is 5.82. The molecule has 1 saturated heterocycles. The Labute approximate surface area is 123 Å². The first-order valence-corrected chi connectivity index (χ1v) is 7.44. The Hall–Kier alpha value is -1.21. The lowest BCUT2D eigenvalue weighted by molar-refractivity contribution is -0.150. The molecule has 20 heavy (non-hydrogen) atoms. The van der Waals surface area contributed by atoms with Crippen LogP contribution in [0.4, 0.5) is 0 Å². The zero-order valence-electron chi connectivity index (χ0n) is 11.3. The van der Waals surface area contributed by atoms with Gasteiger partial charge in [-0.1, -0.05) is 12.2 Å². The van der Waals surface area contributed by atoms with E-state index in [1.54, 1.807) is 4.90 Å². The summed E-state index contributed by atoms with van der Waals surface area (Å²) in [7, 11) is 0. The number of hydrogen-bond acceptors (Lipinski definition) is 4. The van der Waals surface area contributed by atoms with Crippen molar-refractivity contribution in [3.05, 3.63) is 0 Å². The molecule has 2 amide bonds. The lowest BCUT2D eigenvalue weighted by Gasteiger charge is -2.36. The molecule has 2 saturated carbocycles. The number of hydrogen-bond donors (Lipinski definition) is 2. The highest BCUT2D eigenvalue weighted by Crippen LogP contribution is 2.48. The van der Waals surface area contributed by atoms with Gasteiger partial charge in [-0.3, -0.25) is 9.59 Å². The second-order valence-corrected chi connectivity index (χ2v) is 6.26. The van der Waals surface area contributed by atoms with Crippen molar-refractivity contribution in [2.24, 2.45) is 11.1 Å². The van der Waals surface area contributed by atoms with Gasteiger partial charge in [0.1, 0.15) is 6.04 Å². The molecule has 0 bridgehead atoms. The van der Waals surface area contributed by atoms with Gasteiger partial charge < -0.3 is 20.7 Å². The lowest BCUT2D eigenvalue weighted by Crippen LogP contribution is -2.58. The molecule has 0 aromatic heterocycles. The number of thiocarbonyl (C=S) groups is 1. The third-order valence-corrected chi connectivity index (χ3v) is 4.64. The number of carbonyl (C=O) groups is 2. The van der Waals surface area contributed by atoms with Gasteiger partial charge in [0.05, 0.1) is 23.6 Å². The van der Waals surface area contributed by atoms with Crippen LogP contribution in [-0.2, 0) is 14.3 Å². The molecular weight excluding hydrogens is 278 g/mol. The van der Waals surface area contributed by atoms with E-state index < -0.39 is 11.5 Å². The molecule has 2 aliphatic carbocycles. The third-order valence-electron chi connectivity index (χ3n) is 4.25. The molecule has 1 unspecified atom stereocenters. The van der Waals surface area contributed by atoms with Crippen molar-refractivity contribution in [2.45, 2.75) is 37.8 Å². The normalized spacial score (nSPS) is 27.8. The van der Waals surface area contributed by atoms with Crippen LogP contribution < -0.4 is 11.1 Å². The summed E-state index contributed by atoms with van der Waals surface area (Å²) in [6.07, 6.45) is 3.42. The van der Waals surface area contributed by atoms with Crippen LogP contribution >= 0.6 is 12.2 Å². The second kappa shape index (κ2) is 4.96. The minimum Gasteiger partial charge on any atom is -0.392 e. The Kier molecular flexibility index (Phi) is 3.41. The summed E-state index contributed by atoms with van der Waals surface area (Å²) >= 11 is 5.02. The third kappa shape index (κ3) is 2.40. The van der Waals surface area contributed by atoms with E-state index in [9.17, 15) is 9.59 Å². The number of amides is 2. The number of carbonyl (C=O) groups excluding carboxylic acids is 2. The van der Waals surface area contributed by atoms with E-state index in [-0.39, 0.29) is 29.5 Å². The van der Waals surface area contributed by atoms with Crippen LogP contribution in [0, 0.1) is 5.41 Å². The summed E-state index contributed by atoms with van der Waals surface area (Å²) in [5.41, 5.74) is 5.00. The number of nitrogens with two attached hydrogens (primary N) is 1. The fourth-order valence-electron chi connectivity index (χ4n) is 2.55. The monoisotopic (exact) mass is 297 g/mol. The first kappa shape index (κ1) is 13.8. The molecule has 0 aromatic carbocycles. The average Bonchev–Trinajstić information content (AvgIpc) is 3.31. The van der Waals surface area contributed by atoms with E-state index in [0.717, 1.165) is 12.8 Å². The number of rotatable bonds is 4. The largest absolute Gasteiger partial charge is 0.392 e. The van der Waals surface area contributed by atoms with Crippen LogP contribution in [0.25, 0.3) is 0 Å². The van der Waals surface area contributed by atoms with Crippen LogP contribution in [0.1, 0.15) is 25.7 Å². The van der Waals surface area contributed by atoms with E-state index in [0.29, 0.717) is 26.0 Å². The molecule has 6 nitrogen and oxygen atoms in total. The summed E-state index contributed by atoms with van der Waals surface area (Å²) in [5.74, 6) is -0.233. The predicted octanol–water partition coefficient (Wildman–Crippen LogP) is -0.441. The Balaban J connectivity index is 1.73. The lowest BCUT2D eigenvalue weighted by atomic mass is 10.0. The predicted molar refractivity (Wildman–Crippen MR) is 75.9 cm³/mol. The summed E-state index contributed by atoms with van der Waals surface area (Å²) in [6.45, 7) is 1.12. The molecule has 3 N–H and O–H groups in total.